The number of amides is 1. The molecule has 3 fully saturated rings. The highest BCUT2D eigenvalue weighted by Crippen LogP contribution is 2.74. The molecule has 154 valence electrons. The molecule has 7 nitrogen and oxygen atoms in total. The molecule has 0 heterocycles. The third-order valence-electron chi connectivity index (χ3n) is 6.99. The van der Waals surface area contributed by atoms with E-state index in [1.54, 1.807) is 0 Å². The smallest absolute Gasteiger partial charge is 0.407 e. The summed E-state index contributed by atoms with van der Waals surface area (Å²) in [5.74, 6) is -2.17. The van der Waals surface area contributed by atoms with Crippen LogP contribution in [0.5, 0.6) is 0 Å². The number of ether oxygens (including phenoxy) is 1. The van der Waals surface area contributed by atoms with Gasteiger partial charge in [-0.05, 0) is 41.5 Å². The fourth-order valence-corrected chi connectivity index (χ4v) is 5.63. The van der Waals surface area contributed by atoms with Crippen molar-refractivity contribution in [3.8, 4) is 11.1 Å². The Morgan fingerprint density at radius 1 is 0.967 bits per heavy atom. The summed E-state index contributed by atoms with van der Waals surface area (Å²) in [5.41, 5.74) is 2.87. The molecule has 3 saturated carbocycles. The zero-order valence-corrected chi connectivity index (χ0v) is 16.1. The highest BCUT2D eigenvalue weighted by molar-refractivity contribution is 5.86. The standard InChI is InChI=1S/C23H21NO6/c25-19(26)18(22-10-23(11-22,12-22)20(27)28)24-21(29)30-9-17-15-7-3-1-5-13(15)14-6-2-4-8-16(14)17/h1-8,17-18H,9-12H2,(H,24,29)(H,25,26)(H,27,28). The molecule has 1 atom stereocenters. The fourth-order valence-electron chi connectivity index (χ4n) is 5.63. The van der Waals surface area contributed by atoms with E-state index < -0.39 is 34.9 Å². The number of hydrogen-bond acceptors (Lipinski definition) is 4. The number of carbonyl (C=O) groups excluding carboxylic acids is 1. The lowest BCUT2D eigenvalue weighted by atomic mass is 9.33. The van der Waals surface area contributed by atoms with Crippen LogP contribution in [0.25, 0.3) is 11.1 Å². The van der Waals surface area contributed by atoms with Gasteiger partial charge >= 0.3 is 18.0 Å². The summed E-state index contributed by atoms with van der Waals surface area (Å²) in [6.07, 6.45) is 0.0281. The van der Waals surface area contributed by atoms with Crippen molar-refractivity contribution < 1.29 is 29.3 Å². The molecule has 0 aliphatic heterocycles. The highest BCUT2D eigenvalue weighted by atomic mass is 16.5. The Morgan fingerprint density at radius 3 is 2.00 bits per heavy atom. The minimum Gasteiger partial charge on any atom is -0.481 e. The quantitative estimate of drug-likeness (QED) is 0.678. The van der Waals surface area contributed by atoms with Gasteiger partial charge in [0, 0.05) is 11.3 Å². The van der Waals surface area contributed by atoms with Gasteiger partial charge in [-0.1, -0.05) is 48.5 Å². The lowest BCUT2D eigenvalue weighted by molar-refractivity contribution is -0.234. The molecule has 7 heteroatoms. The number of alkyl carbamates (subject to hydrolysis) is 1. The van der Waals surface area contributed by atoms with Gasteiger partial charge in [0.15, 0.2) is 0 Å². The molecule has 0 radical (unpaired) electrons. The second-order valence-electron chi connectivity index (χ2n) is 8.72. The van der Waals surface area contributed by atoms with E-state index in [2.05, 4.69) is 5.32 Å². The topological polar surface area (TPSA) is 113 Å². The number of fused-ring (bicyclic) bond motifs is 3. The molecule has 0 spiro atoms. The van der Waals surface area contributed by atoms with Gasteiger partial charge in [-0.2, -0.15) is 0 Å². The molecule has 0 aromatic heterocycles. The predicted octanol–water partition coefficient (Wildman–Crippen LogP) is 3.23. The van der Waals surface area contributed by atoms with Gasteiger partial charge in [0.25, 0.3) is 0 Å². The number of carbonyl (C=O) groups is 3. The Bertz CT molecular complexity index is 1010. The molecule has 1 unspecified atom stereocenters. The third-order valence-corrected chi connectivity index (χ3v) is 6.99. The summed E-state index contributed by atoms with van der Waals surface area (Å²) in [6, 6.07) is 14.8. The van der Waals surface area contributed by atoms with Crippen LogP contribution in [-0.2, 0) is 14.3 Å². The van der Waals surface area contributed by atoms with Gasteiger partial charge in [-0.25, -0.2) is 9.59 Å². The van der Waals surface area contributed by atoms with Crippen molar-refractivity contribution in [2.45, 2.75) is 31.2 Å². The first-order valence-corrected chi connectivity index (χ1v) is 9.93. The van der Waals surface area contributed by atoms with E-state index in [-0.39, 0.29) is 31.8 Å². The minimum atomic E-state index is -1.16. The van der Waals surface area contributed by atoms with Crippen LogP contribution in [-0.4, -0.2) is 40.9 Å². The van der Waals surface area contributed by atoms with Crippen molar-refractivity contribution >= 4 is 18.0 Å². The molecule has 0 saturated heterocycles. The van der Waals surface area contributed by atoms with Gasteiger partial charge in [-0.15, -0.1) is 0 Å². The predicted molar refractivity (Wildman–Crippen MR) is 106 cm³/mol. The summed E-state index contributed by atoms with van der Waals surface area (Å²) in [4.78, 5) is 35.5. The van der Waals surface area contributed by atoms with Crippen LogP contribution in [0.15, 0.2) is 48.5 Å². The van der Waals surface area contributed by atoms with E-state index in [9.17, 15) is 24.6 Å². The third kappa shape index (κ3) is 2.54. The van der Waals surface area contributed by atoms with E-state index in [0.717, 1.165) is 22.3 Å². The zero-order chi connectivity index (χ0) is 21.1. The summed E-state index contributed by atoms with van der Waals surface area (Å²) >= 11 is 0. The van der Waals surface area contributed by atoms with Crippen LogP contribution in [0.4, 0.5) is 4.79 Å². The molecule has 6 rings (SSSR count). The molecule has 2 aromatic rings. The first kappa shape index (κ1) is 18.7. The number of aliphatic carboxylic acids is 2. The van der Waals surface area contributed by atoms with E-state index >= 15 is 0 Å². The van der Waals surface area contributed by atoms with Crippen LogP contribution < -0.4 is 5.32 Å². The average molecular weight is 407 g/mol. The summed E-state index contributed by atoms with van der Waals surface area (Å²) < 4.78 is 5.44. The number of rotatable bonds is 6. The Morgan fingerprint density at radius 2 is 1.50 bits per heavy atom. The van der Waals surface area contributed by atoms with Gasteiger partial charge in [-0.3, -0.25) is 4.79 Å². The molecular formula is C23H21NO6. The van der Waals surface area contributed by atoms with Gasteiger partial charge in [0.05, 0.1) is 5.41 Å². The molecule has 1 amide bonds. The maximum atomic E-state index is 12.4. The zero-order valence-electron chi connectivity index (χ0n) is 16.1. The fraction of sp³-hybridized carbons (Fsp3) is 0.348. The van der Waals surface area contributed by atoms with E-state index in [0.29, 0.717) is 0 Å². The molecule has 3 N–H and O–H groups in total. The normalized spacial score (nSPS) is 26.4. The lowest BCUT2D eigenvalue weighted by Gasteiger charge is -2.69. The first-order valence-electron chi connectivity index (χ1n) is 9.93. The largest absolute Gasteiger partial charge is 0.481 e. The SMILES string of the molecule is O=C(NC(C(=O)O)C12CC(C(=O)O)(C1)C2)OCC1c2ccccc2-c2ccccc21. The van der Waals surface area contributed by atoms with Crippen LogP contribution in [0.2, 0.25) is 0 Å². The summed E-state index contributed by atoms with van der Waals surface area (Å²) in [5, 5.41) is 21.3. The Hall–Kier alpha value is -3.35. The van der Waals surface area contributed by atoms with Crippen LogP contribution in [0.3, 0.4) is 0 Å². The van der Waals surface area contributed by atoms with Crippen molar-refractivity contribution in [3.63, 3.8) is 0 Å². The monoisotopic (exact) mass is 407 g/mol. The van der Waals surface area contributed by atoms with Crippen molar-refractivity contribution in [2.75, 3.05) is 6.61 Å². The Balaban J connectivity index is 1.27. The van der Waals surface area contributed by atoms with Crippen LogP contribution in [0, 0.1) is 10.8 Å². The van der Waals surface area contributed by atoms with Crippen molar-refractivity contribution in [1.29, 1.82) is 0 Å². The van der Waals surface area contributed by atoms with Crippen molar-refractivity contribution in [2.24, 2.45) is 10.8 Å². The molecule has 4 aliphatic rings. The van der Waals surface area contributed by atoms with E-state index in [4.69, 9.17) is 4.74 Å². The number of carboxylic acid groups (broad SMARTS) is 2. The van der Waals surface area contributed by atoms with Crippen LogP contribution in [0.1, 0.15) is 36.3 Å². The minimum absolute atomic E-state index is 0.0955. The summed E-state index contributed by atoms with van der Waals surface area (Å²) in [6.45, 7) is 0.0955. The number of hydrogen-bond donors (Lipinski definition) is 3. The van der Waals surface area contributed by atoms with Crippen molar-refractivity contribution in [3.05, 3.63) is 59.7 Å². The number of carboxylic acids is 2. The second-order valence-corrected chi connectivity index (χ2v) is 8.72. The Kier molecular flexibility index (Phi) is 3.93. The average Bonchev–Trinajstić information content (AvgIpc) is 2.97. The summed E-state index contributed by atoms with van der Waals surface area (Å²) in [7, 11) is 0. The van der Waals surface area contributed by atoms with E-state index in [1.807, 2.05) is 48.5 Å². The first-order chi connectivity index (χ1) is 14.4. The molecule has 2 bridgehead atoms. The molecule has 4 aliphatic carbocycles. The van der Waals surface area contributed by atoms with Gasteiger partial charge in [0.2, 0.25) is 0 Å². The highest BCUT2D eigenvalue weighted by Gasteiger charge is 2.75. The van der Waals surface area contributed by atoms with Gasteiger partial charge in [0.1, 0.15) is 12.6 Å². The van der Waals surface area contributed by atoms with Crippen LogP contribution >= 0.6 is 0 Å². The number of benzene rings is 2. The second kappa shape index (κ2) is 6.32. The van der Waals surface area contributed by atoms with Gasteiger partial charge < -0.3 is 20.3 Å². The lowest BCUT2D eigenvalue weighted by Crippen LogP contribution is -2.73. The number of nitrogens with one attached hydrogen (secondary N) is 1. The van der Waals surface area contributed by atoms with Crippen molar-refractivity contribution in [1.82, 2.24) is 5.32 Å². The molecular weight excluding hydrogens is 386 g/mol. The Labute approximate surface area is 172 Å². The maximum Gasteiger partial charge on any atom is 0.407 e. The van der Waals surface area contributed by atoms with E-state index in [1.165, 1.54) is 0 Å². The molecule has 30 heavy (non-hydrogen) atoms. The maximum absolute atomic E-state index is 12.4. The molecule has 2 aromatic carbocycles.